The number of hydrogen-bond donors (Lipinski definition) is 0. The molecule has 8 heavy (non-hydrogen) atoms. The first-order valence-corrected chi connectivity index (χ1v) is 0. The van der Waals surface area contributed by atoms with Crippen LogP contribution >= 0.6 is 0 Å². The summed E-state index contributed by atoms with van der Waals surface area (Å²) in [4.78, 5) is 0. The largest absolute Gasteiger partial charge is 1.00 e. The fraction of sp³-hybridized carbons (Fsp3) is 0. The van der Waals surface area contributed by atoms with Gasteiger partial charge in [0.25, 0.3) is 0 Å². The normalized spacial score (nSPS) is 0. The molecule has 0 spiro atoms. The second kappa shape index (κ2) is 1030. The van der Waals surface area contributed by atoms with Gasteiger partial charge in [0.2, 0.25) is 0 Å². The van der Waals surface area contributed by atoms with Gasteiger partial charge in [-0.3, -0.25) is 4.70 Å². The molecule has 0 heterocycles. The van der Waals surface area contributed by atoms with Gasteiger partial charge in [-0.2, -0.15) is 0 Å². The Bertz CT molecular complexity index is 4.35. The molecule has 60 valence electrons. The average molecular weight is 372 g/mol. The quantitative estimate of drug-likeness (QED) is 0.371. The molecular formula is HF7U-6. The van der Waals surface area contributed by atoms with Crippen LogP contribution in [0.5, 0.6) is 0 Å². The van der Waals surface area contributed by atoms with Gasteiger partial charge in [0, 0.05) is 31.1 Å². The molecule has 0 nitrogen and oxygen atoms in total. The van der Waals surface area contributed by atoms with Crippen LogP contribution in [0, 0.1) is 31.1 Å². The monoisotopic (exact) mass is 372 g/mol. The fourth-order valence-corrected chi connectivity index (χ4v) is 0. The van der Waals surface area contributed by atoms with E-state index in [9.17, 15) is 0 Å². The predicted molar refractivity (Wildman–Crippen MR) is 2.50 cm³/mol. The van der Waals surface area contributed by atoms with Crippen molar-refractivity contribution in [3.8, 4) is 0 Å². The molecule has 0 aliphatic carbocycles. The van der Waals surface area contributed by atoms with Crippen molar-refractivity contribution in [1.29, 1.82) is 0 Å². The van der Waals surface area contributed by atoms with E-state index in [0.717, 1.165) is 0 Å². The van der Waals surface area contributed by atoms with E-state index >= 15 is 0 Å². The molecule has 0 bridgehead atoms. The zero-order chi connectivity index (χ0) is 0. The van der Waals surface area contributed by atoms with Crippen molar-refractivity contribution < 1.29 is 64.0 Å². The van der Waals surface area contributed by atoms with Crippen molar-refractivity contribution in [3.05, 3.63) is 0 Å². The topological polar surface area (TPSA) is 0 Å². The first-order valence-electron chi connectivity index (χ1n) is 0. The van der Waals surface area contributed by atoms with Gasteiger partial charge < -0.3 is 28.2 Å². The molecule has 8 heteroatoms. The Labute approximate surface area is 64.3 Å². The van der Waals surface area contributed by atoms with Crippen LogP contribution in [0.1, 0.15) is 0 Å². The van der Waals surface area contributed by atoms with Gasteiger partial charge in [-0.05, 0) is 0 Å². The van der Waals surface area contributed by atoms with E-state index in [-0.39, 0.29) is 64.0 Å². The SMILES string of the molecule is F.[F-].[F-].[F-].[F-].[F-].[F-].[U]. The summed E-state index contributed by atoms with van der Waals surface area (Å²) in [6.45, 7) is 0. The Balaban J connectivity index is 0. The number of rotatable bonds is 0. The minimum absolute atomic E-state index is 0. The van der Waals surface area contributed by atoms with Crippen LogP contribution in [0.2, 0.25) is 0 Å². The molecule has 0 aliphatic rings. The van der Waals surface area contributed by atoms with Crippen LogP contribution in [0.15, 0.2) is 0 Å². The van der Waals surface area contributed by atoms with Gasteiger partial charge >= 0.3 is 0 Å². The van der Waals surface area contributed by atoms with Gasteiger partial charge in [-0.25, -0.2) is 0 Å². The maximum Gasteiger partial charge on any atom is 0 e. The van der Waals surface area contributed by atoms with Gasteiger partial charge in [-0.15, -0.1) is 0 Å². The van der Waals surface area contributed by atoms with Crippen molar-refractivity contribution in [2.75, 3.05) is 0 Å². The van der Waals surface area contributed by atoms with E-state index in [0.29, 0.717) is 0 Å². The second-order valence-corrected chi connectivity index (χ2v) is 0. The smallest absolute Gasteiger partial charge is 0 e. The molecule has 0 aliphatic heterocycles. The third-order valence-electron chi connectivity index (χ3n) is 0. The first kappa shape index (κ1) is 1550. The van der Waals surface area contributed by atoms with Gasteiger partial charge in [0.15, 0.2) is 0 Å². The molecule has 0 fully saturated rings. The molecule has 0 N–H and O–H groups in total. The van der Waals surface area contributed by atoms with E-state index in [1.807, 2.05) is 0 Å². The zero-order valence-electron chi connectivity index (χ0n) is 3.18. The molecule has 0 unspecified atom stereocenters. The summed E-state index contributed by atoms with van der Waals surface area (Å²) in [6, 6.07) is 0. The van der Waals surface area contributed by atoms with Crippen LogP contribution in [-0.4, -0.2) is 0 Å². The molecular weight excluding hydrogens is 371 g/mol. The summed E-state index contributed by atoms with van der Waals surface area (Å²) in [5.41, 5.74) is 0. The van der Waals surface area contributed by atoms with E-state index in [4.69, 9.17) is 0 Å². The number of halogens is 7. The number of hydrogen-bond acceptors (Lipinski definition) is 0. The molecule has 0 saturated carbocycles. The molecule has 0 rings (SSSR count). The maximum atomic E-state index is 0. The van der Waals surface area contributed by atoms with Gasteiger partial charge in [0.05, 0.1) is 0 Å². The average Bonchev–Trinajstić information content (AvgIpc) is 0. The predicted octanol–water partition coefficient (Wildman–Crippen LogP) is -17.8. The molecule has 0 radical (unpaired) electrons. The minimum Gasteiger partial charge on any atom is -1.00 e. The van der Waals surface area contributed by atoms with E-state index in [1.165, 1.54) is 0 Å². The molecule has 0 aromatic heterocycles. The fourth-order valence-electron chi connectivity index (χ4n) is 0. The van der Waals surface area contributed by atoms with Crippen molar-refractivity contribution in [1.82, 2.24) is 0 Å². The van der Waals surface area contributed by atoms with Crippen molar-refractivity contribution >= 4 is 0 Å². The van der Waals surface area contributed by atoms with Gasteiger partial charge in [-0.1, -0.05) is 0 Å². The second-order valence-electron chi connectivity index (χ2n) is 0. The van der Waals surface area contributed by atoms with Crippen LogP contribution < -0.4 is 28.2 Å². The van der Waals surface area contributed by atoms with Crippen LogP contribution in [0.25, 0.3) is 0 Å². The van der Waals surface area contributed by atoms with E-state index in [2.05, 4.69) is 0 Å². The standard InChI is InChI=1S/7FH.U/h7*1H;/p-6. The van der Waals surface area contributed by atoms with Crippen molar-refractivity contribution in [2.45, 2.75) is 0 Å². The minimum atomic E-state index is 0. The summed E-state index contributed by atoms with van der Waals surface area (Å²) < 4.78 is 0. The van der Waals surface area contributed by atoms with Crippen LogP contribution in [0.3, 0.4) is 0 Å². The Kier molecular flexibility index (Phi) is 200000. The van der Waals surface area contributed by atoms with E-state index in [1.54, 1.807) is 0 Å². The first-order chi connectivity index (χ1) is 0. The molecule has 0 saturated heterocycles. The summed E-state index contributed by atoms with van der Waals surface area (Å²) in [7, 11) is 0. The summed E-state index contributed by atoms with van der Waals surface area (Å²) in [5, 5.41) is 0. The molecule has 0 atom stereocenters. The van der Waals surface area contributed by atoms with Crippen LogP contribution in [0.4, 0.5) is 4.70 Å². The van der Waals surface area contributed by atoms with Crippen LogP contribution in [-0.2, 0) is 0 Å². The Morgan fingerprint density at radius 3 is 0.375 bits per heavy atom. The summed E-state index contributed by atoms with van der Waals surface area (Å²) >= 11 is 0. The molecule has 0 aromatic carbocycles. The molecule has 0 amide bonds. The Morgan fingerprint density at radius 1 is 0.375 bits per heavy atom. The van der Waals surface area contributed by atoms with Crippen molar-refractivity contribution in [2.24, 2.45) is 0 Å². The van der Waals surface area contributed by atoms with E-state index < -0.39 is 0 Å². The molecule has 0 aromatic rings. The van der Waals surface area contributed by atoms with Crippen molar-refractivity contribution in [3.63, 3.8) is 0 Å². The zero-order valence-corrected chi connectivity index (χ0v) is 7.34. The third kappa shape index (κ3) is 643. The van der Waals surface area contributed by atoms with Gasteiger partial charge in [0.1, 0.15) is 0 Å². The summed E-state index contributed by atoms with van der Waals surface area (Å²) in [5.74, 6) is 0. The third-order valence-corrected chi connectivity index (χ3v) is 0. The Hall–Kier alpha value is 0.562. The summed E-state index contributed by atoms with van der Waals surface area (Å²) in [6.07, 6.45) is 0. The Morgan fingerprint density at radius 2 is 0.375 bits per heavy atom. The maximum absolute atomic E-state index is 0.